The first kappa shape index (κ1) is 17.1. The van der Waals surface area contributed by atoms with Crippen molar-refractivity contribution in [3.63, 3.8) is 0 Å². The molecule has 1 aliphatic rings. The zero-order valence-electron chi connectivity index (χ0n) is 13.9. The maximum absolute atomic E-state index is 13.0. The Hall–Kier alpha value is -4.34. The van der Waals surface area contributed by atoms with Crippen LogP contribution in [0.5, 0.6) is 5.75 Å². The lowest BCUT2D eigenvalue weighted by Gasteiger charge is -2.27. The maximum Gasteiger partial charge on any atom is 0.277 e. The third kappa shape index (κ3) is 2.28. The number of non-ortho nitro benzene ring substituents is 2. The van der Waals surface area contributed by atoms with Crippen molar-refractivity contribution in [2.24, 2.45) is 0 Å². The van der Waals surface area contributed by atoms with Crippen molar-refractivity contribution in [2.75, 3.05) is 4.90 Å². The number of nitro groups is 2. The Labute approximate surface area is 155 Å². The Bertz CT molecular complexity index is 1210. The molecule has 0 aromatic heterocycles. The van der Waals surface area contributed by atoms with Crippen LogP contribution in [0.4, 0.5) is 17.1 Å². The largest absolute Gasteiger partial charge is 0.505 e. The Morgan fingerprint density at radius 1 is 0.857 bits per heavy atom. The number of rotatable bonds is 3. The lowest BCUT2D eigenvalue weighted by Crippen LogP contribution is -2.40. The number of nitrogens with zero attached hydrogens (tertiary/aromatic N) is 3. The first-order valence-corrected chi connectivity index (χ1v) is 7.87. The molecule has 0 unspecified atom stereocenters. The Balaban J connectivity index is 1.95. The average Bonchev–Trinajstić information content (AvgIpc) is 2.66. The summed E-state index contributed by atoms with van der Waals surface area (Å²) < 4.78 is 0. The van der Waals surface area contributed by atoms with E-state index in [0.29, 0.717) is 4.90 Å². The number of nitro benzene ring substituents is 2. The smallest absolute Gasteiger partial charge is 0.277 e. The fourth-order valence-electron chi connectivity index (χ4n) is 3.27. The number of imide groups is 1. The van der Waals surface area contributed by atoms with Crippen LogP contribution in [-0.2, 0) is 0 Å². The van der Waals surface area contributed by atoms with Crippen LogP contribution in [0.3, 0.4) is 0 Å². The highest BCUT2D eigenvalue weighted by atomic mass is 16.6. The number of carbonyl (C=O) groups is 2. The fraction of sp³-hybridized carbons (Fsp3) is 0. The summed E-state index contributed by atoms with van der Waals surface area (Å²) in [5.41, 5.74) is -0.771. The maximum atomic E-state index is 13.0. The molecule has 0 aliphatic carbocycles. The third-order valence-electron chi connectivity index (χ3n) is 4.49. The van der Waals surface area contributed by atoms with Gasteiger partial charge in [-0.2, -0.15) is 0 Å². The van der Waals surface area contributed by atoms with Crippen LogP contribution in [0.25, 0.3) is 10.8 Å². The molecule has 0 saturated carbocycles. The highest BCUT2D eigenvalue weighted by Crippen LogP contribution is 2.39. The van der Waals surface area contributed by atoms with Crippen LogP contribution >= 0.6 is 0 Å². The summed E-state index contributed by atoms with van der Waals surface area (Å²) in [4.78, 5) is 47.4. The van der Waals surface area contributed by atoms with Gasteiger partial charge in [0.25, 0.3) is 23.2 Å². The number of hydrogen-bond donors (Lipinski definition) is 1. The van der Waals surface area contributed by atoms with Crippen LogP contribution in [0.15, 0.2) is 48.5 Å². The van der Waals surface area contributed by atoms with E-state index in [0.717, 1.165) is 18.2 Å². The van der Waals surface area contributed by atoms with E-state index < -0.39 is 33.1 Å². The minimum absolute atomic E-state index is 0.0496. The molecular weight excluding hydrogens is 370 g/mol. The number of amides is 2. The topological polar surface area (TPSA) is 144 Å². The zero-order chi connectivity index (χ0) is 20.2. The van der Waals surface area contributed by atoms with Gasteiger partial charge in [-0.1, -0.05) is 6.07 Å². The predicted molar refractivity (Wildman–Crippen MR) is 96.5 cm³/mol. The fourth-order valence-corrected chi connectivity index (χ4v) is 3.27. The average molecular weight is 379 g/mol. The summed E-state index contributed by atoms with van der Waals surface area (Å²) in [6, 6.07) is 9.72. The van der Waals surface area contributed by atoms with Crippen molar-refractivity contribution in [1.29, 1.82) is 0 Å². The molecule has 28 heavy (non-hydrogen) atoms. The van der Waals surface area contributed by atoms with Gasteiger partial charge in [0.05, 0.1) is 27.0 Å². The van der Waals surface area contributed by atoms with Gasteiger partial charge >= 0.3 is 0 Å². The number of hydrogen-bond acceptors (Lipinski definition) is 7. The van der Waals surface area contributed by atoms with E-state index in [9.17, 15) is 34.9 Å². The van der Waals surface area contributed by atoms with E-state index in [-0.39, 0.29) is 33.3 Å². The molecule has 3 aromatic rings. The number of phenolic OH excluding ortho intramolecular Hbond substituents is 1. The molecule has 0 bridgehead atoms. The second-order valence-electron chi connectivity index (χ2n) is 5.99. The minimum atomic E-state index is -0.798. The van der Waals surface area contributed by atoms with Gasteiger partial charge in [0.2, 0.25) is 0 Å². The van der Waals surface area contributed by atoms with Crippen molar-refractivity contribution < 1.29 is 24.5 Å². The summed E-state index contributed by atoms with van der Waals surface area (Å²) in [6.45, 7) is 0. The third-order valence-corrected chi connectivity index (χ3v) is 4.49. The molecular formula is C18H9N3O7. The highest BCUT2D eigenvalue weighted by molar-refractivity contribution is 6.36. The molecule has 1 heterocycles. The van der Waals surface area contributed by atoms with E-state index >= 15 is 0 Å². The number of aromatic hydroxyl groups is 1. The molecule has 10 heteroatoms. The van der Waals surface area contributed by atoms with Gasteiger partial charge in [-0.15, -0.1) is 0 Å². The van der Waals surface area contributed by atoms with Crippen molar-refractivity contribution >= 4 is 39.6 Å². The Morgan fingerprint density at radius 2 is 1.54 bits per heavy atom. The van der Waals surface area contributed by atoms with Crippen LogP contribution in [0.1, 0.15) is 20.7 Å². The van der Waals surface area contributed by atoms with Gasteiger partial charge in [0.15, 0.2) is 0 Å². The van der Waals surface area contributed by atoms with Crippen molar-refractivity contribution in [3.8, 4) is 5.75 Å². The number of phenols is 1. The standard InChI is InChI=1S/C18H9N3O7/c22-15-8-9(20(25)26)4-6-14(15)19-17(23)11-3-1-2-10-13(21(27)28)7-5-12(16(10)11)18(19)24/h1-8,22H. The molecule has 0 saturated heterocycles. The van der Waals surface area contributed by atoms with Gasteiger partial charge in [0.1, 0.15) is 5.75 Å². The lowest BCUT2D eigenvalue weighted by molar-refractivity contribution is -0.384. The van der Waals surface area contributed by atoms with Gasteiger partial charge in [0, 0.05) is 28.6 Å². The first-order chi connectivity index (χ1) is 13.3. The molecule has 138 valence electrons. The second kappa shape index (κ2) is 5.84. The van der Waals surface area contributed by atoms with Crippen LogP contribution in [-0.4, -0.2) is 26.8 Å². The van der Waals surface area contributed by atoms with E-state index in [2.05, 4.69) is 0 Å². The van der Waals surface area contributed by atoms with Gasteiger partial charge in [-0.05, 0) is 24.3 Å². The molecule has 0 fully saturated rings. The number of carbonyl (C=O) groups excluding carboxylic acids is 2. The summed E-state index contributed by atoms with van der Waals surface area (Å²) >= 11 is 0. The highest BCUT2D eigenvalue weighted by Gasteiger charge is 2.37. The van der Waals surface area contributed by atoms with Crippen molar-refractivity contribution in [1.82, 2.24) is 0 Å². The van der Waals surface area contributed by atoms with Crippen LogP contribution in [0.2, 0.25) is 0 Å². The molecule has 3 aromatic carbocycles. The molecule has 0 atom stereocenters. The lowest BCUT2D eigenvalue weighted by atomic mass is 9.92. The van der Waals surface area contributed by atoms with E-state index in [4.69, 9.17) is 0 Å². The Kier molecular flexibility index (Phi) is 3.57. The predicted octanol–water partition coefficient (Wildman–Crippen LogP) is 3.16. The first-order valence-electron chi connectivity index (χ1n) is 7.87. The van der Waals surface area contributed by atoms with Gasteiger partial charge < -0.3 is 5.11 Å². The van der Waals surface area contributed by atoms with Crippen molar-refractivity contribution in [3.05, 3.63) is 79.9 Å². The van der Waals surface area contributed by atoms with Gasteiger partial charge in [-0.3, -0.25) is 29.8 Å². The molecule has 10 nitrogen and oxygen atoms in total. The molecule has 1 N–H and O–H groups in total. The molecule has 2 amide bonds. The zero-order valence-corrected chi connectivity index (χ0v) is 13.9. The van der Waals surface area contributed by atoms with E-state index in [1.165, 1.54) is 30.3 Å². The van der Waals surface area contributed by atoms with E-state index in [1.54, 1.807) is 0 Å². The second-order valence-corrected chi connectivity index (χ2v) is 5.99. The van der Waals surface area contributed by atoms with Gasteiger partial charge in [-0.25, -0.2) is 4.90 Å². The summed E-state index contributed by atoms with van der Waals surface area (Å²) in [7, 11) is 0. The monoisotopic (exact) mass is 379 g/mol. The van der Waals surface area contributed by atoms with Crippen LogP contribution in [0, 0.1) is 20.2 Å². The van der Waals surface area contributed by atoms with E-state index in [1.807, 2.05) is 0 Å². The molecule has 0 radical (unpaired) electrons. The number of anilines is 1. The quantitative estimate of drug-likeness (QED) is 0.418. The SMILES string of the molecule is O=C1c2cccc3c([N+](=O)[O-])ccc(c23)C(=O)N1c1ccc([N+](=O)[O-])cc1O. The molecule has 1 aliphatic heterocycles. The Morgan fingerprint density at radius 3 is 2.14 bits per heavy atom. The summed E-state index contributed by atoms with van der Waals surface area (Å²) in [5.74, 6) is -2.21. The normalized spacial score (nSPS) is 13.1. The molecule has 4 rings (SSSR count). The summed E-state index contributed by atoms with van der Waals surface area (Å²) in [5, 5.41) is 32.6. The van der Waals surface area contributed by atoms with Crippen LogP contribution < -0.4 is 4.90 Å². The minimum Gasteiger partial charge on any atom is -0.505 e. The molecule has 0 spiro atoms. The van der Waals surface area contributed by atoms with Crippen molar-refractivity contribution in [2.45, 2.75) is 0 Å². The number of benzene rings is 3. The summed E-state index contributed by atoms with van der Waals surface area (Å²) in [6.07, 6.45) is 0.